The maximum atomic E-state index is 6.33. The largest absolute Gasteiger partial charge is 0.375 e. The van der Waals surface area contributed by atoms with Crippen molar-refractivity contribution in [2.24, 2.45) is 23.7 Å². The molecule has 1 heteroatoms. The first kappa shape index (κ1) is 18.2. The fraction of sp³-hybridized carbons (Fsp3) is 0.826. The summed E-state index contributed by atoms with van der Waals surface area (Å²) in [6.07, 6.45) is 24.6. The van der Waals surface area contributed by atoms with Crippen LogP contribution in [0.3, 0.4) is 0 Å². The van der Waals surface area contributed by atoms with Crippen molar-refractivity contribution >= 4 is 0 Å². The Bertz CT molecular complexity index is 396. The molecule has 2 atom stereocenters. The lowest BCUT2D eigenvalue weighted by atomic mass is 9.77. The van der Waals surface area contributed by atoms with Gasteiger partial charge in [0.1, 0.15) is 0 Å². The third kappa shape index (κ3) is 4.97. The number of hydrogen-bond donors (Lipinski definition) is 0. The first-order valence-electron chi connectivity index (χ1n) is 10.7. The summed E-state index contributed by atoms with van der Waals surface area (Å²) in [6.45, 7) is 6.23. The van der Waals surface area contributed by atoms with E-state index in [0.29, 0.717) is 12.2 Å². The van der Waals surface area contributed by atoms with E-state index in [1.807, 2.05) is 0 Å². The topological polar surface area (TPSA) is 9.23 Å². The highest BCUT2D eigenvalue weighted by Gasteiger charge is 2.33. The predicted molar refractivity (Wildman–Crippen MR) is 103 cm³/mol. The summed E-state index contributed by atoms with van der Waals surface area (Å²) in [5.74, 6) is 3.31. The molecule has 2 aliphatic carbocycles. The van der Waals surface area contributed by atoms with E-state index in [9.17, 15) is 0 Å². The Hall–Kier alpha value is -0.560. The van der Waals surface area contributed by atoms with Gasteiger partial charge in [-0.25, -0.2) is 0 Å². The monoisotopic (exact) mass is 330 g/mol. The van der Waals surface area contributed by atoms with E-state index < -0.39 is 0 Å². The molecule has 1 aliphatic heterocycles. The van der Waals surface area contributed by atoms with Crippen molar-refractivity contribution in [1.29, 1.82) is 0 Å². The van der Waals surface area contributed by atoms with Crippen molar-refractivity contribution in [2.75, 3.05) is 0 Å². The molecule has 3 fully saturated rings. The molecule has 1 heterocycles. The average molecular weight is 331 g/mol. The maximum absolute atomic E-state index is 6.33. The fourth-order valence-corrected chi connectivity index (χ4v) is 5.21. The Morgan fingerprint density at radius 2 is 1.38 bits per heavy atom. The van der Waals surface area contributed by atoms with Gasteiger partial charge in [0.25, 0.3) is 0 Å². The van der Waals surface area contributed by atoms with Gasteiger partial charge in [0.2, 0.25) is 0 Å². The first-order chi connectivity index (χ1) is 11.8. The molecule has 0 aromatic carbocycles. The third-order valence-corrected chi connectivity index (χ3v) is 6.90. The van der Waals surface area contributed by atoms with E-state index in [0.717, 1.165) is 23.7 Å². The summed E-state index contributed by atoms with van der Waals surface area (Å²) in [7, 11) is 0. The molecule has 3 aliphatic rings. The normalized spacial score (nSPS) is 40.9. The van der Waals surface area contributed by atoms with Crippen molar-refractivity contribution < 1.29 is 4.74 Å². The molecule has 2 unspecified atom stereocenters. The highest BCUT2D eigenvalue weighted by atomic mass is 16.5. The van der Waals surface area contributed by atoms with E-state index >= 15 is 0 Å². The Labute approximate surface area is 149 Å². The molecule has 0 aromatic rings. The van der Waals surface area contributed by atoms with Gasteiger partial charge >= 0.3 is 0 Å². The lowest BCUT2D eigenvalue weighted by molar-refractivity contribution is -0.00526. The van der Waals surface area contributed by atoms with Crippen LogP contribution in [0.1, 0.15) is 84.0 Å². The van der Waals surface area contributed by atoms with Gasteiger partial charge in [-0.1, -0.05) is 31.6 Å². The zero-order chi connectivity index (χ0) is 16.8. The summed E-state index contributed by atoms with van der Waals surface area (Å²) in [5, 5.41) is 0. The first-order valence-corrected chi connectivity index (χ1v) is 10.7. The molecular formula is C23H38O. The van der Waals surface area contributed by atoms with Crippen LogP contribution >= 0.6 is 0 Å². The minimum absolute atomic E-state index is 0.573. The molecule has 2 saturated carbocycles. The molecule has 0 spiro atoms. The smallest absolute Gasteiger partial charge is 0.0608 e. The van der Waals surface area contributed by atoms with Crippen molar-refractivity contribution in [3.63, 3.8) is 0 Å². The van der Waals surface area contributed by atoms with Crippen molar-refractivity contribution in [2.45, 2.75) is 96.2 Å². The van der Waals surface area contributed by atoms with Crippen molar-refractivity contribution in [3.05, 3.63) is 24.8 Å². The predicted octanol–water partition coefficient (Wildman–Crippen LogP) is 6.69. The van der Waals surface area contributed by atoms with Crippen LogP contribution in [0.4, 0.5) is 0 Å². The average Bonchev–Trinajstić information content (AvgIpc) is 3.10. The molecule has 24 heavy (non-hydrogen) atoms. The lowest BCUT2D eigenvalue weighted by Crippen LogP contribution is -2.26. The van der Waals surface area contributed by atoms with E-state index in [4.69, 9.17) is 4.74 Å². The lowest BCUT2D eigenvalue weighted by Gasteiger charge is -2.31. The minimum atomic E-state index is 0.573. The standard InChI is InChI=1S/C23H38O/c1-3-5-22-16-17-23(24-22)21-14-12-20(13-15-21)11-10-19-8-6-18(4-2)7-9-19/h4,10-11,18-23H,2-3,5-9,12-17H2,1H3/b11-10+. The van der Waals surface area contributed by atoms with E-state index in [-0.39, 0.29) is 0 Å². The van der Waals surface area contributed by atoms with Crippen LogP contribution in [-0.4, -0.2) is 12.2 Å². The Kier molecular flexibility index (Phi) is 7.01. The summed E-state index contributed by atoms with van der Waals surface area (Å²) < 4.78 is 6.33. The van der Waals surface area contributed by atoms with Crippen LogP contribution in [0.25, 0.3) is 0 Å². The van der Waals surface area contributed by atoms with Crippen LogP contribution in [0, 0.1) is 23.7 Å². The van der Waals surface area contributed by atoms with Crippen LogP contribution in [-0.2, 0) is 4.74 Å². The summed E-state index contributed by atoms with van der Waals surface area (Å²) >= 11 is 0. The zero-order valence-electron chi connectivity index (χ0n) is 15.8. The number of allylic oxidation sites excluding steroid dienone is 3. The summed E-state index contributed by atoms with van der Waals surface area (Å²) in [6, 6.07) is 0. The van der Waals surface area contributed by atoms with Crippen LogP contribution in [0.2, 0.25) is 0 Å². The van der Waals surface area contributed by atoms with Crippen LogP contribution in [0.5, 0.6) is 0 Å². The molecule has 1 saturated heterocycles. The quantitative estimate of drug-likeness (QED) is 0.493. The van der Waals surface area contributed by atoms with Gasteiger partial charge in [-0.05, 0) is 94.3 Å². The minimum Gasteiger partial charge on any atom is -0.375 e. The number of rotatable bonds is 6. The van der Waals surface area contributed by atoms with Gasteiger partial charge in [0.15, 0.2) is 0 Å². The van der Waals surface area contributed by atoms with Gasteiger partial charge < -0.3 is 4.74 Å². The molecule has 0 amide bonds. The molecule has 0 N–H and O–H groups in total. The third-order valence-electron chi connectivity index (χ3n) is 6.90. The van der Waals surface area contributed by atoms with Crippen molar-refractivity contribution in [1.82, 2.24) is 0 Å². The molecule has 0 bridgehead atoms. The fourth-order valence-electron chi connectivity index (χ4n) is 5.21. The molecule has 136 valence electrons. The van der Waals surface area contributed by atoms with Crippen LogP contribution < -0.4 is 0 Å². The van der Waals surface area contributed by atoms with Gasteiger partial charge in [0.05, 0.1) is 12.2 Å². The summed E-state index contributed by atoms with van der Waals surface area (Å²) in [4.78, 5) is 0. The summed E-state index contributed by atoms with van der Waals surface area (Å²) in [5.41, 5.74) is 0. The highest BCUT2D eigenvalue weighted by Crippen LogP contribution is 2.38. The molecule has 3 rings (SSSR count). The SMILES string of the molecule is C=CC1CCC(/C=C/C2CCC(C3CCC(CCC)O3)CC2)CC1. The van der Waals surface area contributed by atoms with Gasteiger partial charge in [-0.3, -0.25) is 0 Å². The van der Waals surface area contributed by atoms with Crippen LogP contribution in [0.15, 0.2) is 24.8 Å². The van der Waals surface area contributed by atoms with E-state index in [2.05, 4.69) is 31.7 Å². The maximum Gasteiger partial charge on any atom is 0.0608 e. The van der Waals surface area contributed by atoms with E-state index in [1.54, 1.807) is 0 Å². The second-order valence-corrected chi connectivity index (χ2v) is 8.63. The second kappa shape index (κ2) is 9.22. The zero-order valence-corrected chi connectivity index (χ0v) is 15.8. The molecule has 0 radical (unpaired) electrons. The van der Waals surface area contributed by atoms with E-state index in [1.165, 1.54) is 77.0 Å². The van der Waals surface area contributed by atoms with Gasteiger partial charge in [-0.2, -0.15) is 0 Å². The second-order valence-electron chi connectivity index (χ2n) is 8.63. The molecule has 0 aromatic heterocycles. The number of ether oxygens (including phenoxy) is 1. The Balaban J connectivity index is 1.36. The molecular weight excluding hydrogens is 292 g/mol. The van der Waals surface area contributed by atoms with Gasteiger partial charge in [-0.15, -0.1) is 6.58 Å². The Morgan fingerprint density at radius 1 is 0.792 bits per heavy atom. The van der Waals surface area contributed by atoms with Gasteiger partial charge in [0, 0.05) is 0 Å². The number of hydrogen-bond acceptors (Lipinski definition) is 1. The van der Waals surface area contributed by atoms with Crippen molar-refractivity contribution in [3.8, 4) is 0 Å². The Morgan fingerprint density at radius 3 is 1.96 bits per heavy atom. The highest BCUT2D eigenvalue weighted by molar-refractivity contribution is 4.98. The molecule has 1 nitrogen and oxygen atoms in total.